The third-order valence-electron chi connectivity index (χ3n) is 6.21. The monoisotopic (exact) mass is 478 g/mol. The van der Waals surface area contributed by atoms with Crippen LogP contribution in [0.2, 0.25) is 0 Å². The molecule has 0 saturated carbocycles. The zero-order valence-electron chi connectivity index (χ0n) is 20.8. The summed E-state index contributed by atoms with van der Waals surface area (Å²) in [4.78, 5) is 29.3. The molecule has 3 aromatic rings. The molecule has 35 heavy (non-hydrogen) atoms. The zero-order chi connectivity index (χ0) is 25.0. The van der Waals surface area contributed by atoms with E-state index in [4.69, 9.17) is 5.21 Å². The van der Waals surface area contributed by atoms with Crippen LogP contribution in [-0.2, 0) is 4.79 Å². The molecule has 3 rings (SSSR count). The van der Waals surface area contributed by atoms with Crippen molar-refractivity contribution in [3.63, 3.8) is 0 Å². The maximum absolute atomic E-state index is 13.0. The van der Waals surface area contributed by atoms with Crippen molar-refractivity contribution in [3.8, 4) is 11.1 Å². The molecule has 4 N–H and O–H groups in total. The number of hydrogen-bond donors (Lipinski definition) is 4. The molecule has 3 amide bonds. The van der Waals surface area contributed by atoms with Crippen LogP contribution in [0.1, 0.15) is 58.8 Å². The molecule has 0 unspecified atom stereocenters. The number of benzene rings is 2. The van der Waals surface area contributed by atoms with Gasteiger partial charge in [-0.05, 0) is 72.4 Å². The van der Waals surface area contributed by atoms with Gasteiger partial charge in [-0.2, -0.15) is 0 Å². The van der Waals surface area contributed by atoms with Crippen LogP contribution in [0, 0.1) is 5.92 Å². The highest BCUT2D eigenvalue weighted by molar-refractivity contribution is 5.92. The smallest absolute Gasteiger partial charge is 0.321 e. The minimum Gasteiger partial charge on any atom is -0.361 e. The van der Waals surface area contributed by atoms with Gasteiger partial charge in [0.25, 0.3) is 0 Å². The van der Waals surface area contributed by atoms with Gasteiger partial charge in [-0.1, -0.05) is 51.0 Å². The number of aromatic nitrogens is 1. The summed E-state index contributed by atoms with van der Waals surface area (Å²) in [6, 6.07) is 16.5. The van der Waals surface area contributed by atoms with Gasteiger partial charge in [0.2, 0.25) is 5.91 Å². The van der Waals surface area contributed by atoms with E-state index in [9.17, 15) is 9.59 Å². The Balaban J connectivity index is 1.63. The first-order chi connectivity index (χ1) is 17.0. The van der Waals surface area contributed by atoms with Crippen molar-refractivity contribution in [3.05, 3.63) is 54.7 Å². The minimum absolute atomic E-state index is 0.0750. The average Bonchev–Trinajstić information content (AvgIpc) is 3.34. The number of carbonyl (C=O) groups excluding carboxylic acids is 2. The van der Waals surface area contributed by atoms with Crippen LogP contribution < -0.4 is 15.7 Å². The van der Waals surface area contributed by atoms with E-state index in [1.807, 2.05) is 23.2 Å². The number of amides is 3. The van der Waals surface area contributed by atoms with Crippen molar-refractivity contribution >= 4 is 28.5 Å². The van der Waals surface area contributed by atoms with Gasteiger partial charge in [-0.25, -0.2) is 10.3 Å². The number of H-pyrrole nitrogens is 1. The van der Waals surface area contributed by atoms with E-state index < -0.39 is 0 Å². The van der Waals surface area contributed by atoms with E-state index >= 15 is 0 Å². The van der Waals surface area contributed by atoms with Crippen molar-refractivity contribution in [2.45, 2.75) is 58.8 Å². The molecule has 188 valence electrons. The predicted molar refractivity (Wildman–Crippen MR) is 142 cm³/mol. The molecular formula is C28H38N4O3. The number of nitrogens with one attached hydrogen (secondary N) is 3. The van der Waals surface area contributed by atoms with Crippen molar-refractivity contribution in [2.75, 3.05) is 18.0 Å². The Bertz CT molecular complexity index is 1080. The maximum Gasteiger partial charge on any atom is 0.321 e. The zero-order valence-corrected chi connectivity index (χ0v) is 20.8. The Morgan fingerprint density at radius 2 is 1.69 bits per heavy atom. The maximum atomic E-state index is 13.0. The lowest BCUT2D eigenvalue weighted by Gasteiger charge is -2.24. The van der Waals surface area contributed by atoms with Crippen LogP contribution in [0.3, 0.4) is 0 Å². The molecule has 0 saturated heterocycles. The van der Waals surface area contributed by atoms with Gasteiger partial charge in [-0.15, -0.1) is 0 Å². The fraction of sp³-hybridized carbons (Fsp3) is 0.429. The van der Waals surface area contributed by atoms with Crippen LogP contribution in [0.15, 0.2) is 54.7 Å². The fourth-order valence-corrected chi connectivity index (χ4v) is 4.18. The summed E-state index contributed by atoms with van der Waals surface area (Å²) < 4.78 is 0. The number of nitrogens with zero attached hydrogens (tertiary/aromatic N) is 1. The van der Waals surface area contributed by atoms with Crippen molar-refractivity contribution < 1.29 is 14.8 Å². The lowest BCUT2D eigenvalue weighted by Crippen LogP contribution is -2.41. The Morgan fingerprint density at radius 1 is 0.943 bits per heavy atom. The number of fused-ring (bicyclic) bond motifs is 1. The SMILES string of the molecule is CC(C)CCCNC(=O)N(CCCCCCC(=O)NO)c1ccc(-c2ccc3cc[nH]c3c2)cc1. The molecule has 0 radical (unpaired) electrons. The highest BCUT2D eigenvalue weighted by Crippen LogP contribution is 2.26. The van der Waals surface area contributed by atoms with Gasteiger partial charge in [0.15, 0.2) is 0 Å². The second-order valence-corrected chi connectivity index (χ2v) is 9.45. The van der Waals surface area contributed by atoms with Gasteiger partial charge < -0.3 is 10.3 Å². The van der Waals surface area contributed by atoms with E-state index in [0.717, 1.165) is 54.4 Å². The minimum atomic E-state index is -0.358. The Hall–Kier alpha value is -3.32. The number of hydrogen-bond acceptors (Lipinski definition) is 3. The Kier molecular flexibility index (Phi) is 10.2. The topological polar surface area (TPSA) is 97.5 Å². The highest BCUT2D eigenvalue weighted by Gasteiger charge is 2.15. The number of unbranched alkanes of at least 4 members (excludes halogenated alkanes) is 3. The number of rotatable bonds is 13. The summed E-state index contributed by atoms with van der Waals surface area (Å²) in [6.45, 7) is 5.65. The van der Waals surface area contributed by atoms with Crippen LogP contribution >= 0.6 is 0 Å². The molecule has 0 aliphatic carbocycles. The molecule has 0 aliphatic rings. The third-order valence-corrected chi connectivity index (χ3v) is 6.21. The third kappa shape index (κ3) is 8.14. The first kappa shape index (κ1) is 26.3. The second kappa shape index (κ2) is 13.5. The van der Waals surface area contributed by atoms with E-state index in [0.29, 0.717) is 31.8 Å². The second-order valence-electron chi connectivity index (χ2n) is 9.45. The number of carbonyl (C=O) groups is 2. The fourth-order valence-electron chi connectivity index (χ4n) is 4.18. The van der Waals surface area contributed by atoms with Gasteiger partial charge in [-0.3, -0.25) is 14.9 Å². The quantitative estimate of drug-likeness (QED) is 0.133. The molecule has 0 spiro atoms. The van der Waals surface area contributed by atoms with E-state index in [1.54, 1.807) is 5.48 Å². The van der Waals surface area contributed by atoms with Crippen molar-refractivity contribution in [1.29, 1.82) is 0 Å². The number of hydroxylamine groups is 1. The number of urea groups is 1. The first-order valence-electron chi connectivity index (χ1n) is 12.6. The first-order valence-corrected chi connectivity index (χ1v) is 12.6. The lowest BCUT2D eigenvalue weighted by molar-refractivity contribution is -0.129. The van der Waals surface area contributed by atoms with Gasteiger partial charge in [0.05, 0.1) is 0 Å². The molecule has 0 bridgehead atoms. The van der Waals surface area contributed by atoms with Crippen LogP contribution in [-0.4, -0.2) is 35.2 Å². The summed E-state index contributed by atoms with van der Waals surface area (Å²) in [6.07, 6.45) is 7.63. The molecule has 0 atom stereocenters. The summed E-state index contributed by atoms with van der Waals surface area (Å²) in [5.74, 6) is 0.261. The predicted octanol–water partition coefficient (Wildman–Crippen LogP) is 6.24. The summed E-state index contributed by atoms with van der Waals surface area (Å²) in [5, 5.41) is 12.9. The Labute approximate surface area is 207 Å². The number of aromatic amines is 1. The summed E-state index contributed by atoms with van der Waals surface area (Å²) in [7, 11) is 0. The highest BCUT2D eigenvalue weighted by atomic mass is 16.5. The lowest BCUT2D eigenvalue weighted by atomic mass is 10.0. The molecule has 7 nitrogen and oxygen atoms in total. The van der Waals surface area contributed by atoms with Crippen LogP contribution in [0.4, 0.5) is 10.5 Å². The molecule has 0 aliphatic heterocycles. The molecule has 0 fully saturated rings. The van der Waals surface area contributed by atoms with Gasteiger partial charge >= 0.3 is 6.03 Å². The van der Waals surface area contributed by atoms with Crippen molar-refractivity contribution in [2.24, 2.45) is 5.92 Å². The van der Waals surface area contributed by atoms with E-state index in [1.165, 1.54) is 5.39 Å². The molecule has 1 aromatic heterocycles. The summed E-state index contributed by atoms with van der Waals surface area (Å²) in [5.41, 5.74) is 5.87. The molecule has 1 heterocycles. The molecule has 2 aromatic carbocycles. The van der Waals surface area contributed by atoms with Crippen LogP contribution in [0.5, 0.6) is 0 Å². The van der Waals surface area contributed by atoms with Crippen molar-refractivity contribution in [1.82, 2.24) is 15.8 Å². The normalized spacial score (nSPS) is 11.1. The standard InChI is InChI=1S/C28H38N4O3/c1-21(2)8-7-17-30-28(34)32(19-6-4-3-5-9-27(33)31-35)25-14-12-22(13-15-25)24-11-10-23-16-18-29-26(23)20-24/h10-16,18,20-21,29,35H,3-9,17,19H2,1-2H3,(H,30,34)(H,31,33). The molecular weight excluding hydrogens is 440 g/mol. The van der Waals surface area contributed by atoms with Crippen LogP contribution in [0.25, 0.3) is 22.0 Å². The Morgan fingerprint density at radius 3 is 2.43 bits per heavy atom. The summed E-state index contributed by atoms with van der Waals surface area (Å²) >= 11 is 0. The average molecular weight is 479 g/mol. The van der Waals surface area contributed by atoms with Gasteiger partial charge in [0.1, 0.15) is 0 Å². The van der Waals surface area contributed by atoms with E-state index in [2.05, 4.69) is 60.5 Å². The number of anilines is 1. The van der Waals surface area contributed by atoms with E-state index in [-0.39, 0.29) is 11.9 Å². The van der Waals surface area contributed by atoms with Gasteiger partial charge in [0, 0.05) is 36.9 Å². The molecule has 7 heteroatoms. The largest absolute Gasteiger partial charge is 0.361 e.